The second-order valence-electron chi connectivity index (χ2n) is 8.20. The van der Waals surface area contributed by atoms with Gasteiger partial charge in [-0.2, -0.15) is 0 Å². The van der Waals surface area contributed by atoms with Crippen molar-refractivity contribution in [2.24, 2.45) is 0 Å². The minimum Gasteiger partial charge on any atom is -0.491 e. The number of rotatable bonds is 6. The van der Waals surface area contributed by atoms with Crippen LogP contribution in [0.15, 0.2) is 48.7 Å². The van der Waals surface area contributed by atoms with Crippen LogP contribution in [0.25, 0.3) is 11.1 Å². The van der Waals surface area contributed by atoms with Crippen LogP contribution in [0.2, 0.25) is 10.0 Å². The van der Waals surface area contributed by atoms with E-state index in [1.807, 2.05) is 42.2 Å². The van der Waals surface area contributed by atoms with Crippen LogP contribution < -0.4 is 10.1 Å². The molecule has 5 nitrogen and oxygen atoms in total. The molecule has 1 aliphatic heterocycles. The van der Waals surface area contributed by atoms with Gasteiger partial charge >= 0.3 is 0 Å². The number of halogens is 3. The molecule has 0 saturated carbocycles. The fourth-order valence-electron chi connectivity index (χ4n) is 3.91. The number of nitrogens with one attached hydrogen (secondary N) is 1. The van der Waals surface area contributed by atoms with E-state index in [1.165, 1.54) is 12.1 Å². The van der Waals surface area contributed by atoms with Gasteiger partial charge in [0.25, 0.3) is 5.91 Å². The number of hydrogen-bond acceptors (Lipinski definition) is 4. The van der Waals surface area contributed by atoms with Gasteiger partial charge in [0.1, 0.15) is 11.6 Å². The van der Waals surface area contributed by atoms with E-state index < -0.39 is 5.82 Å². The third kappa shape index (κ3) is 5.69. The molecule has 1 saturated heterocycles. The molecule has 1 amide bonds. The predicted octanol–water partition coefficient (Wildman–Crippen LogP) is 5.56. The predicted molar refractivity (Wildman–Crippen MR) is 133 cm³/mol. The lowest BCUT2D eigenvalue weighted by molar-refractivity contribution is 0.0766. The fraction of sp³-hybridized carbons (Fsp3) is 0.308. The summed E-state index contributed by atoms with van der Waals surface area (Å²) in [6.45, 7) is 5.37. The molecule has 0 bridgehead atoms. The monoisotopic (exact) mass is 501 g/mol. The summed E-state index contributed by atoms with van der Waals surface area (Å²) in [7, 11) is 0. The van der Waals surface area contributed by atoms with E-state index in [-0.39, 0.29) is 17.5 Å². The van der Waals surface area contributed by atoms with E-state index in [2.05, 4.69) is 10.3 Å². The molecule has 1 fully saturated rings. The van der Waals surface area contributed by atoms with Crippen LogP contribution in [0.5, 0.6) is 5.75 Å². The van der Waals surface area contributed by atoms with Crippen LogP contribution in [0.4, 0.5) is 4.39 Å². The summed E-state index contributed by atoms with van der Waals surface area (Å²) in [5.41, 5.74) is 3.74. The van der Waals surface area contributed by atoms with Gasteiger partial charge in [-0.3, -0.25) is 9.78 Å². The second kappa shape index (κ2) is 11.2. The average molecular weight is 502 g/mol. The average Bonchev–Trinajstić information content (AvgIpc) is 3.14. The van der Waals surface area contributed by atoms with Crippen LogP contribution in [-0.4, -0.2) is 48.6 Å². The van der Waals surface area contributed by atoms with Gasteiger partial charge in [-0.15, -0.1) is 0 Å². The van der Waals surface area contributed by atoms with Crippen molar-refractivity contribution in [2.45, 2.75) is 19.8 Å². The number of nitrogens with zero attached hydrogens (tertiary/aromatic N) is 2. The number of aromatic nitrogens is 1. The van der Waals surface area contributed by atoms with Gasteiger partial charge < -0.3 is 15.0 Å². The fourth-order valence-corrected chi connectivity index (χ4v) is 4.47. The van der Waals surface area contributed by atoms with Crippen molar-refractivity contribution in [1.82, 2.24) is 15.2 Å². The van der Waals surface area contributed by atoms with Gasteiger partial charge in [-0.25, -0.2) is 4.39 Å². The molecule has 1 aliphatic rings. The Morgan fingerprint density at radius 3 is 2.71 bits per heavy atom. The number of amides is 1. The molecule has 2 heterocycles. The Labute approximate surface area is 208 Å². The summed E-state index contributed by atoms with van der Waals surface area (Å²) in [4.78, 5) is 19.2. The zero-order valence-corrected chi connectivity index (χ0v) is 20.4. The molecule has 178 valence electrons. The van der Waals surface area contributed by atoms with Crippen molar-refractivity contribution in [3.05, 3.63) is 81.3 Å². The van der Waals surface area contributed by atoms with Crippen molar-refractivity contribution in [1.29, 1.82) is 0 Å². The molecule has 0 radical (unpaired) electrons. The Morgan fingerprint density at radius 1 is 1.12 bits per heavy atom. The zero-order valence-electron chi connectivity index (χ0n) is 18.9. The van der Waals surface area contributed by atoms with Crippen molar-refractivity contribution < 1.29 is 13.9 Å². The highest BCUT2D eigenvalue weighted by Crippen LogP contribution is 2.29. The van der Waals surface area contributed by atoms with Crippen LogP contribution >= 0.6 is 23.2 Å². The molecule has 3 aromatic rings. The maximum Gasteiger partial charge on any atom is 0.253 e. The number of benzene rings is 2. The molecular formula is C26H26Cl2FN3O2. The summed E-state index contributed by atoms with van der Waals surface area (Å²) in [5, 5.41) is 3.74. The topological polar surface area (TPSA) is 54.5 Å². The van der Waals surface area contributed by atoms with Crippen molar-refractivity contribution in [3.8, 4) is 16.9 Å². The van der Waals surface area contributed by atoms with Gasteiger partial charge in [0, 0.05) is 48.4 Å². The first-order chi connectivity index (χ1) is 16.4. The van der Waals surface area contributed by atoms with E-state index in [4.69, 9.17) is 27.9 Å². The van der Waals surface area contributed by atoms with Crippen LogP contribution in [0, 0.1) is 12.7 Å². The van der Waals surface area contributed by atoms with E-state index >= 15 is 0 Å². The van der Waals surface area contributed by atoms with Gasteiger partial charge in [-0.1, -0.05) is 35.3 Å². The Balaban J connectivity index is 1.44. The Hall–Kier alpha value is -2.67. The van der Waals surface area contributed by atoms with E-state index in [9.17, 15) is 9.18 Å². The molecule has 0 atom stereocenters. The quantitative estimate of drug-likeness (QED) is 0.449. The van der Waals surface area contributed by atoms with E-state index in [0.29, 0.717) is 28.3 Å². The van der Waals surface area contributed by atoms with Gasteiger partial charge in [0.2, 0.25) is 0 Å². The minimum atomic E-state index is -0.504. The second-order valence-corrected chi connectivity index (χ2v) is 8.99. The number of pyridine rings is 1. The first kappa shape index (κ1) is 24.5. The number of carbonyl (C=O) groups excluding carboxylic acids is 1. The summed E-state index contributed by atoms with van der Waals surface area (Å²) in [6, 6.07) is 12.2. The normalized spacial score (nSPS) is 14.1. The lowest BCUT2D eigenvalue weighted by Crippen LogP contribution is -2.34. The standard InChI is InChI=1S/C26H26Cl2FN3O2/c1-17-24(34-14-9-21-22(27)7-8-23(29)25(21)28)15-20(16-31-17)18-3-5-19(6-4-18)26(33)32-12-2-10-30-11-13-32/h3-8,15-16,30H,2,9-14H2,1H3. The lowest BCUT2D eigenvalue weighted by atomic mass is 10.0. The summed E-state index contributed by atoms with van der Waals surface area (Å²) in [6.07, 6.45) is 3.10. The third-order valence-corrected chi connectivity index (χ3v) is 6.64. The van der Waals surface area contributed by atoms with Crippen LogP contribution in [-0.2, 0) is 6.42 Å². The summed E-state index contributed by atoms with van der Waals surface area (Å²) >= 11 is 12.2. The molecule has 4 rings (SSSR count). The van der Waals surface area contributed by atoms with E-state index in [1.54, 1.807) is 6.20 Å². The molecule has 1 aromatic heterocycles. The number of carbonyl (C=O) groups is 1. The summed E-state index contributed by atoms with van der Waals surface area (Å²) < 4.78 is 19.7. The van der Waals surface area contributed by atoms with Crippen LogP contribution in [0.1, 0.15) is 28.0 Å². The highest BCUT2D eigenvalue weighted by Gasteiger charge is 2.17. The zero-order chi connectivity index (χ0) is 24.1. The highest BCUT2D eigenvalue weighted by molar-refractivity contribution is 6.36. The number of hydrogen-bond donors (Lipinski definition) is 1. The Bertz CT molecular complexity index is 1160. The molecule has 0 aliphatic carbocycles. The molecule has 34 heavy (non-hydrogen) atoms. The van der Waals surface area contributed by atoms with Gasteiger partial charge in [0.05, 0.1) is 17.3 Å². The van der Waals surface area contributed by atoms with Gasteiger partial charge in [-0.05, 0) is 61.3 Å². The molecule has 8 heteroatoms. The molecule has 0 unspecified atom stereocenters. The SMILES string of the molecule is Cc1ncc(-c2ccc(C(=O)N3CCCNCC3)cc2)cc1OCCc1c(Cl)ccc(F)c1Cl. The molecule has 1 N–H and O–H groups in total. The number of ether oxygens (including phenoxy) is 1. The number of aryl methyl sites for hydroxylation is 1. The van der Waals surface area contributed by atoms with Crippen molar-refractivity contribution >= 4 is 29.1 Å². The lowest BCUT2D eigenvalue weighted by Gasteiger charge is -2.20. The van der Waals surface area contributed by atoms with Gasteiger partial charge in [0.15, 0.2) is 0 Å². The third-order valence-electron chi connectivity index (χ3n) is 5.88. The Kier molecular flexibility index (Phi) is 8.03. The highest BCUT2D eigenvalue weighted by atomic mass is 35.5. The van der Waals surface area contributed by atoms with Crippen molar-refractivity contribution in [2.75, 3.05) is 32.8 Å². The maximum atomic E-state index is 13.7. The smallest absolute Gasteiger partial charge is 0.253 e. The molecule has 0 spiro atoms. The maximum absolute atomic E-state index is 13.7. The first-order valence-electron chi connectivity index (χ1n) is 11.3. The molecule has 2 aromatic carbocycles. The first-order valence-corrected chi connectivity index (χ1v) is 12.0. The Morgan fingerprint density at radius 2 is 1.91 bits per heavy atom. The largest absolute Gasteiger partial charge is 0.491 e. The van der Waals surface area contributed by atoms with Crippen molar-refractivity contribution in [3.63, 3.8) is 0 Å². The summed E-state index contributed by atoms with van der Waals surface area (Å²) in [5.74, 6) is 0.171. The molecular weight excluding hydrogens is 476 g/mol. The minimum absolute atomic E-state index is 0.0192. The van der Waals surface area contributed by atoms with E-state index in [0.717, 1.165) is 49.4 Å². The van der Waals surface area contributed by atoms with Crippen LogP contribution in [0.3, 0.4) is 0 Å².